The van der Waals surface area contributed by atoms with Crippen molar-refractivity contribution in [2.75, 3.05) is 37.6 Å². The zero-order chi connectivity index (χ0) is 20.1. The van der Waals surface area contributed by atoms with E-state index < -0.39 is 0 Å². The number of nitrogens with zero attached hydrogens (tertiary/aromatic N) is 5. The van der Waals surface area contributed by atoms with Gasteiger partial charge in [-0.2, -0.15) is 5.10 Å². The average Bonchev–Trinajstić information content (AvgIpc) is 3.30. The number of benzene rings is 2. The van der Waals surface area contributed by atoms with Gasteiger partial charge in [-0.25, -0.2) is 9.07 Å². The predicted octanol–water partition coefficient (Wildman–Crippen LogP) is 2.69. The first kappa shape index (κ1) is 19.0. The van der Waals surface area contributed by atoms with Crippen LogP contribution in [0.4, 0.5) is 10.1 Å². The molecule has 1 saturated heterocycles. The van der Waals surface area contributed by atoms with Gasteiger partial charge >= 0.3 is 0 Å². The van der Waals surface area contributed by atoms with E-state index in [9.17, 15) is 4.39 Å². The Bertz CT molecular complexity index is 926. The van der Waals surface area contributed by atoms with Crippen LogP contribution in [0.15, 0.2) is 72.0 Å². The Balaban J connectivity index is 1.26. The molecule has 0 amide bonds. The Morgan fingerprint density at radius 3 is 2.31 bits per heavy atom. The predicted molar refractivity (Wildman–Crippen MR) is 114 cm³/mol. The average molecular weight is 392 g/mol. The molecule has 3 aromatic rings. The Morgan fingerprint density at radius 1 is 0.966 bits per heavy atom. The molecule has 0 unspecified atom stereocenters. The smallest absolute Gasteiger partial charge is 0.191 e. The van der Waals surface area contributed by atoms with E-state index in [0.29, 0.717) is 12.5 Å². The number of aromatic nitrogens is 2. The van der Waals surface area contributed by atoms with E-state index in [-0.39, 0.29) is 5.82 Å². The number of anilines is 1. The van der Waals surface area contributed by atoms with Crippen molar-refractivity contribution in [2.24, 2.45) is 10.7 Å². The zero-order valence-electron chi connectivity index (χ0n) is 16.3. The van der Waals surface area contributed by atoms with Crippen molar-refractivity contribution in [3.8, 4) is 5.69 Å². The lowest BCUT2D eigenvalue weighted by atomic mass is 10.1. The van der Waals surface area contributed by atoms with Crippen molar-refractivity contribution in [1.82, 2.24) is 14.7 Å². The summed E-state index contributed by atoms with van der Waals surface area (Å²) in [6, 6.07) is 16.9. The first-order valence-electron chi connectivity index (χ1n) is 9.83. The van der Waals surface area contributed by atoms with Crippen molar-refractivity contribution in [2.45, 2.75) is 6.42 Å². The molecule has 150 valence electrons. The Hall–Kier alpha value is -3.35. The van der Waals surface area contributed by atoms with E-state index in [1.54, 1.807) is 6.20 Å². The van der Waals surface area contributed by atoms with Gasteiger partial charge in [-0.1, -0.05) is 12.1 Å². The molecule has 1 aliphatic heterocycles. The normalized spacial score (nSPS) is 15.0. The number of rotatable bonds is 5. The number of aliphatic imine (C=N–C) groups is 1. The molecule has 2 aromatic carbocycles. The highest BCUT2D eigenvalue weighted by Gasteiger charge is 2.18. The van der Waals surface area contributed by atoms with Crippen LogP contribution in [0.1, 0.15) is 5.56 Å². The number of piperazine rings is 1. The Labute approximate surface area is 170 Å². The zero-order valence-corrected chi connectivity index (χ0v) is 16.3. The highest BCUT2D eigenvalue weighted by molar-refractivity contribution is 5.78. The summed E-state index contributed by atoms with van der Waals surface area (Å²) in [4.78, 5) is 8.91. The monoisotopic (exact) mass is 392 g/mol. The van der Waals surface area contributed by atoms with Crippen molar-refractivity contribution < 1.29 is 4.39 Å². The molecule has 7 heteroatoms. The molecule has 0 spiro atoms. The molecular formula is C22H25FN6. The van der Waals surface area contributed by atoms with Crippen molar-refractivity contribution in [3.63, 3.8) is 0 Å². The van der Waals surface area contributed by atoms with Crippen LogP contribution >= 0.6 is 0 Å². The molecule has 0 atom stereocenters. The molecule has 4 rings (SSSR count). The molecule has 0 aliphatic carbocycles. The summed E-state index contributed by atoms with van der Waals surface area (Å²) in [6.07, 6.45) is 4.54. The fourth-order valence-electron chi connectivity index (χ4n) is 3.48. The molecule has 0 radical (unpaired) electrons. The minimum atomic E-state index is -0.209. The maximum Gasteiger partial charge on any atom is 0.191 e. The van der Waals surface area contributed by atoms with E-state index in [2.05, 4.69) is 44.2 Å². The quantitative estimate of drug-likeness (QED) is 0.536. The molecule has 2 N–H and O–H groups in total. The lowest BCUT2D eigenvalue weighted by molar-refractivity contribution is 0.381. The fourth-order valence-corrected chi connectivity index (χ4v) is 3.48. The molecule has 6 nitrogen and oxygen atoms in total. The van der Waals surface area contributed by atoms with Gasteiger partial charge in [-0.05, 0) is 54.4 Å². The van der Waals surface area contributed by atoms with Crippen LogP contribution in [0, 0.1) is 5.82 Å². The summed E-state index contributed by atoms with van der Waals surface area (Å²) in [5.74, 6) is 0.386. The molecule has 1 fully saturated rings. The summed E-state index contributed by atoms with van der Waals surface area (Å²) in [7, 11) is 0. The van der Waals surface area contributed by atoms with Crippen LogP contribution in [0.5, 0.6) is 0 Å². The molecule has 0 bridgehead atoms. The molecular weight excluding hydrogens is 367 g/mol. The van der Waals surface area contributed by atoms with Crippen LogP contribution in [-0.4, -0.2) is 53.4 Å². The largest absolute Gasteiger partial charge is 0.370 e. The molecule has 29 heavy (non-hydrogen) atoms. The highest BCUT2D eigenvalue weighted by atomic mass is 19.1. The van der Waals surface area contributed by atoms with Crippen molar-refractivity contribution in [1.29, 1.82) is 0 Å². The first-order valence-corrected chi connectivity index (χ1v) is 9.83. The second kappa shape index (κ2) is 8.77. The highest BCUT2D eigenvalue weighted by Crippen LogP contribution is 2.17. The number of guanidine groups is 1. The second-order valence-corrected chi connectivity index (χ2v) is 7.06. The van der Waals surface area contributed by atoms with Gasteiger partial charge in [0.2, 0.25) is 0 Å². The lowest BCUT2D eigenvalue weighted by Gasteiger charge is -2.36. The van der Waals surface area contributed by atoms with Gasteiger partial charge < -0.3 is 15.5 Å². The third kappa shape index (κ3) is 4.74. The molecule has 0 saturated carbocycles. The van der Waals surface area contributed by atoms with Crippen LogP contribution < -0.4 is 10.6 Å². The maximum atomic E-state index is 13.1. The molecule has 1 aromatic heterocycles. The fraction of sp³-hybridized carbons (Fsp3) is 0.273. The SMILES string of the molecule is NC(=NCCc1ccc(-n2cccn2)cc1)N1CCN(c2ccc(F)cc2)CC1. The van der Waals surface area contributed by atoms with Crippen LogP contribution in [0.3, 0.4) is 0 Å². The lowest BCUT2D eigenvalue weighted by Crippen LogP contribution is -2.51. The minimum absolute atomic E-state index is 0.209. The van der Waals surface area contributed by atoms with Crippen LogP contribution in [-0.2, 0) is 6.42 Å². The van der Waals surface area contributed by atoms with Gasteiger partial charge in [0, 0.05) is 50.8 Å². The van der Waals surface area contributed by atoms with E-state index >= 15 is 0 Å². The van der Waals surface area contributed by atoms with E-state index in [1.807, 2.05) is 29.1 Å². The number of nitrogens with two attached hydrogens (primary N) is 1. The Kier molecular flexibility index (Phi) is 5.74. The summed E-state index contributed by atoms with van der Waals surface area (Å²) < 4.78 is 14.9. The number of hydrogen-bond donors (Lipinski definition) is 1. The molecule has 1 aliphatic rings. The van der Waals surface area contributed by atoms with Crippen LogP contribution in [0.2, 0.25) is 0 Å². The van der Waals surface area contributed by atoms with Gasteiger partial charge in [0.05, 0.1) is 5.69 Å². The summed E-state index contributed by atoms with van der Waals surface area (Å²) in [6.45, 7) is 3.97. The number of halogens is 1. The van der Waals surface area contributed by atoms with Crippen molar-refractivity contribution >= 4 is 11.6 Å². The second-order valence-electron chi connectivity index (χ2n) is 7.06. The van der Waals surface area contributed by atoms with Gasteiger partial charge in [0.1, 0.15) is 5.82 Å². The van der Waals surface area contributed by atoms with E-state index in [0.717, 1.165) is 44.0 Å². The third-order valence-corrected chi connectivity index (χ3v) is 5.18. The van der Waals surface area contributed by atoms with E-state index in [1.165, 1.54) is 17.7 Å². The number of hydrogen-bond acceptors (Lipinski definition) is 3. The van der Waals surface area contributed by atoms with Crippen molar-refractivity contribution in [3.05, 3.63) is 78.4 Å². The van der Waals surface area contributed by atoms with Gasteiger partial charge in [-0.3, -0.25) is 4.99 Å². The van der Waals surface area contributed by atoms with E-state index in [4.69, 9.17) is 5.73 Å². The summed E-state index contributed by atoms with van der Waals surface area (Å²) in [5.41, 5.74) is 9.51. The van der Waals surface area contributed by atoms with Gasteiger partial charge in [0.15, 0.2) is 5.96 Å². The first-order chi connectivity index (χ1) is 14.2. The standard InChI is InChI=1S/C22H25FN6/c23-19-4-8-20(9-5-19)27-14-16-28(17-15-27)22(24)25-12-10-18-2-6-21(7-3-18)29-13-1-11-26-29/h1-9,11,13H,10,12,14-17H2,(H2,24,25). The summed E-state index contributed by atoms with van der Waals surface area (Å²) >= 11 is 0. The topological polar surface area (TPSA) is 62.7 Å². The van der Waals surface area contributed by atoms with Gasteiger partial charge in [-0.15, -0.1) is 0 Å². The Morgan fingerprint density at radius 2 is 1.66 bits per heavy atom. The summed E-state index contributed by atoms with van der Waals surface area (Å²) in [5, 5.41) is 4.23. The van der Waals surface area contributed by atoms with Crippen LogP contribution in [0.25, 0.3) is 5.69 Å². The van der Waals surface area contributed by atoms with Gasteiger partial charge in [0.25, 0.3) is 0 Å². The maximum absolute atomic E-state index is 13.1. The third-order valence-electron chi connectivity index (χ3n) is 5.18. The minimum Gasteiger partial charge on any atom is -0.370 e. The molecule has 2 heterocycles.